The summed E-state index contributed by atoms with van der Waals surface area (Å²) in [6, 6.07) is 11.1. The molecule has 0 saturated heterocycles. The summed E-state index contributed by atoms with van der Waals surface area (Å²) in [7, 11) is 0. The zero-order valence-corrected chi connectivity index (χ0v) is 12.9. The Kier molecular flexibility index (Phi) is 4.91. The van der Waals surface area contributed by atoms with Crippen LogP contribution in [0.4, 0.5) is 0 Å². The Morgan fingerprint density at radius 1 is 1.10 bits per heavy atom. The van der Waals surface area contributed by atoms with Crippen molar-refractivity contribution >= 4 is 0 Å². The topological polar surface area (TPSA) is 24.9 Å². The fourth-order valence-electron chi connectivity index (χ4n) is 2.75. The Morgan fingerprint density at radius 3 is 2.45 bits per heavy atom. The van der Waals surface area contributed by atoms with Gasteiger partial charge in [-0.25, -0.2) is 0 Å². The van der Waals surface area contributed by atoms with Gasteiger partial charge in [-0.2, -0.15) is 0 Å². The van der Waals surface area contributed by atoms with Gasteiger partial charge in [-0.1, -0.05) is 32.0 Å². The van der Waals surface area contributed by atoms with Crippen molar-refractivity contribution in [1.82, 2.24) is 10.3 Å². The number of nitrogens with one attached hydrogen (secondary N) is 1. The van der Waals surface area contributed by atoms with Crippen LogP contribution in [0.2, 0.25) is 0 Å². The average Bonchev–Trinajstić information content (AvgIpc) is 2.48. The van der Waals surface area contributed by atoms with E-state index in [0.29, 0.717) is 12.0 Å². The Labute approximate surface area is 122 Å². The first-order chi connectivity index (χ1) is 9.65. The molecule has 2 atom stereocenters. The van der Waals surface area contributed by atoms with E-state index in [-0.39, 0.29) is 0 Å². The van der Waals surface area contributed by atoms with Gasteiger partial charge in [-0.05, 0) is 54.8 Å². The van der Waals surface area contributed by atoms with Gasteiger partial charge < -0.3 is 5.32 Å². The number of pyridine rings is 1. The molecule has 2 heteroatoms. The summed E-state index contributed by atoms with van der Waals surface area (Å²) in [6.45, 7) is 9.81. The summed E-state index contributed by atoms with van der Waals surface area (Å²) >= 11 is 0. The SMILES string of the molecule is CCNC(c1cccc(C)c1C)C(C)c1ccncc1. The summed E-state index contributed by atoms with van der Waals surface area (Å²) in [4.78, 5) is 4.12. The zero-order valence-electron chi connectivity index (χ0n) is 12.9. The number of rotatable bonds is 5. The number of aromatic nitrogens is 1. The van der Waals surface area contributed by atoms with Crippen molar-refractivity contribution < 1.29 is 0 Å². The van der Waals surface area contributed by atoms with E-state index >= 15 is 0 Å². The van der Waals surface area contributed by atoms with Gasteiger partial charge >= 0.3 is 0 Å². The van der Waals surface area contributed by atoms with Crippen molar-refractivity contribution in [3.05, 3.63) is 65.0 Å². The summed E-state index contributed by atoms with van der Waals surface area (Å²) in [6.07, 6.45) is 3.75. The van der Waals surface area contributed by atoms with Crippen LogP contribution < -0.4 is 5.32 Å². The van der Waals surface area contributed by atoms with Crippen LogP contribution in [0, 0.1) is 13.8 Å². The molecule has 2 rings (SSSR count). The number of hydrogen-bond donors (Lipinski definition) is 1. The highest BCUT2D eigenvalue weighted by Crippen LogP contribution is 2.32. The molecule has 0 spiro atoms. The van der Waals surface area contributed by atoms with Crippen LogP contribution in [0.3, 0.4) is 0 Å². The number of nitrogens with zero attached hydrogens (tertiary/aromatic N) is 1. The molecule has 1 N–H and O–H groups in total. The Balaban J connectivity index is 2.38. The van der Waals surface area contributed by atoms with Crippen LogP contribution in [-0.2, 0) is 0 Å². The maximum Gasteiger partial charge on any atom is 0.0389 e. The third-order valence-electron chi connectivity index (χ3n) is 4.14. The van der Waals surface area contributed by atoms with E-state index in [9.17, 15) is 0 Å². The largest absolute Gasteiger partial charge is 0.310 e. The molecule has 2 aromatic rings. The van der Waals surface area contributed by atoms with E-state index in [1.807, 2.05) is 12.4 Å². The van der Waals surface area contributed by atoms with Crippen LogP contribution in [0.15, 0.2) is 42.7 Å². The predicted molar refractivity (Wildman–Crippen MR) is 85.0 cm³/mol. The molecule has 0 aliphatic heterocycles. The fraction of sp³-hybridized carbons (Fsp3) is 0.389. The van der Waals surface area contributed by atoms with Gasteiger partial charge in [-0.3, -0.25) is 4.98 Å². The smallest absolute Gasteiger partial charge is 0.0389 e. The molecule has 0 aliphatic carbocycles. The van der Waals surface area contributed by atoms with Gasteiger partial charge in [0.05, 0.1) is 0 Å². The molecule has 0 bridgehead atoms. The Morgan fingerprint density at radius 2 is 1.80 bits per heavy atom. The highest BCUT2D eigenvalue weighted by Gasteiger charge is 2.21. The van der Waals surface area contributed by atoms with Gasteiger partial charge in [0, 0.05) is 24.4 Å². The molecule has 0 radical (unpaired) electrons. The number of hydrogen-bond acceptors (Lipinski definition) is 2. The Hall–Kier alpha value is -1.67. The van der Waals surface area contributed by atoms with E-state index in [1.165, 1.54) is 22.3 Å². The second-order valence-corrected chi connectivity index (χ2v) is 5.39. The molecular weight excluding hydrogens is 244 g/mol. The number of aryl methyl sites for hydroxylation is 1. The Bertz CT molecular complexity index is 549. The third kappa shape index (κ3) is 3.07. The highest BCUT2D eigenvalue weighted by molar-refractivity contribution is 5.37. The van der Waals surface area contributed by atoms with Crippen LogP contribution in [0.5, 0.6) is 0 Å². The quantitative estimate of drug-likeness (QED) is 0.881. The predicted octanol–water partition coefficient (Wildman–Crippen LogP) is 4.15. The van der Waals surface area contributed by atoms with Crippen LogP contribution in [0.25, 0.3) is 0 Å². The van der Waals surface area contributed by atoms with Crippen molar-refractivity contribution in [1.29, 1.82) is 0 Å². The lowest BCUT2D eigenvalue weighted by molar-refractivity contribution is 0.477. The van der Waals surface area contributed by atoms with E-state index in [1.54, 1.807) is 0 Å². The lowest BCUT2D eigenvalue weighted by Gasteiger charge is -2.27. The summed E-state index contributed by atoms with van der Waals surface area (Å²) < 4.78 is 0. The molecule has 1 aromatic heterocycles. The molecule has 0 amide bonds. The van der Waals surface area contributed by atoms with Gasteiger partial charge in [0.25, 0.3) is 0 Å². The molecule has 106 valence electrons. The molecule has 2 nitrogen and oxygen atoms in total. The second-order valence-electron chi connectivity index (χ2n) is 5.39. The van der Waals surface area contributed by atoms with Crippen molar-refractivity contribution in [2.75, 3.05) is 6.54 Å². The standard InChI is InChI=1S/C18H24N2/c1-5-20-18(15(4)16-9-11-19-12-10-16)17-8-6-7-13(2)14(17)3/h6-12,15,18,20H,5H2,1-4H3. The third-order valence-corrected chi connectivity index (χ3v) is 4.14. The minimum absolute atomic E-state index is 0.335. The van der Waals surface area contributed by atoms with E-state index in [0.717, 1.165) is 6.54 Å². The molecule has 1 aromatic carbocycles. The normalized spacial score (nSPS) is 14.0. The van der Waals surface area contributed by atoms with Crippen molar-refractivity contribution in [2.45, 2.75) is 39.7 Å². The molecule has 2 unspecified atom stereocenters. The lowest BCUT2D eigenvalue weighted by Crippen LogP contribution is -2.26. The first-order valence-corrected chi connectivity index (χ1v) is 7.34. The first-order valence-electron chi connectivity index (χ1n) is 7.34. The van der Waals surface area contributed by atoms with Gasteiger partial charge in [-0.15, -0.1) is 0 Å². The van der Waals surface area contributed by atoms with Crippen molar-refractivity contribution in [3.8, 4) is 0 Å². The monoisotopic (exact) mass is 268 g/mol. The van der Waals surface area contributed by atoms with Crippen LogP contribution in [0.1, 0.15) is 48.1 Å². The average molecular weight is 268 g/mol. The minimum atomic E-state index is 0.335. The number of likely N-dealkylation sites (N-methyl/N-ethyl adjacent to an activating group) is 1. The summed E-state index contributed by atoms with van der Waals surface area (Å²) in [5.74, 6) is 0.415. The zero-order chi connectivity index (χ0) is 14.5. The molecule has 0 saturated carbocycles. The fourth-order valence-corrected chi connectivity index (χ4v) is 2.75. The summed E-state index contributed by atoms with van der Waals surface area (Å²) in [5.41, 5.74) is 5.47. The molecular formula is C18H24N2. The van der Waals surface area contributed by atoms with Gasteiger partial charge in [0.2, 0.25) is 0 Å². The summed E-state index contributed by atoms with van der Waals surface area (Å²) in [5, 5.41) is 3.64. The van der Waals surface area contributed by atoms with E-state index < -0.39 is 0 Å². The van der Waals surface area contributed by atoms with Crippen molar-refractivity contribution in [3.63, 3.8) is 0 Å². The maximum absolute atomic E-state index is 4.12. The van der Waals surface area contributed by atoms with E-state index in [2.05, 4.69) is 68.3 Å². The van der Waals surface area contributed by atoms with Crippen LogP contribution in [-0.4, -0.2) is 11.5 Å². The van der Waals surface area contributed by atoms with E-state index in [4.69, 9.17) is 0 Å². The maximum atomic E-state index is 4.12. The van der Waals surface area contributed by atoms with Gasteiger partial charge in [0.1, 0.15) is 0 Å². The minimum Gasteiger partial charge on any atom is -0.310 e. The molecule has 1 heterocycles. The molecule has 0 fully saturated rings. The molecule has 0 aliphatic rings. The first kappa shape index (κ1) is 14.7. The second kappa shape index (κ2) is 6.67. The van der Waals surface area contributed by atoms with Crippen molar-refractivity contribution in [2.24, 2.45) is 0 Å². The van der Waals surface area contributed by atoms with Crippen LogP contribution >= 0.6 is 0 Å². The molecule has 20 heavy (non-hydrogen) atoms. The highest BCUT2D eigenvalue weighted by atomic mass is 14.9. The van der Waals surface area contributed by atoms with Gasteiger partial charge in [0.15, 0.2) is 0 Å². The number of benzene rings is 1. The lowest BCUT2D eigenvalue weighted by atomic mass is 9.86.